The first-order chi connectivity index (χ1) is 11.7. The van der Waals surface area contributed by atoms with Gasteiger partial charge in [0.15, 0.2) is 5.16 Å². The molecule has 24 heavy (non-hydrogen) atoms. The summed E-state index contributed by atoms with van der Waals surface area (Å²) in [4.78, 5) is 12.4. The van der Waals surface area contributed by atoms with Crippen molar-refractivity contribution in [2.45, 2.75) is 17.8 Å². The van der Waals surface area contributed by atoms with Gasteiger partial charge >= 0.3 is 0 Å². The minimum absolute atomic E-state index is 0.733. The number of thioether (sulfide) groups is 1. The minimum Gasteiger partial charge on any atom is -0.333 e. The highest BCUT2D eigenvalue weighted by Crippen LogP contribution is 2.26. The Kier molecular flexibility index (Phi) is 4.04. The monoisotopic (exact) mass is 354 g/mol. The molecule has 0 amide bonds. The number of pyridine rings is 1. The standard InChI is InChI=1S/C18H15ClN4S/c1-12-14(19)6-7-20-17(12)11-24-18-21-15-5-4-13(10-16(15)22-18)23-8-2-3-9-23/h2-10H,11H2,1H3,(H,21,22). The summed E-state index contributed by atoms with van der Waals surface area (Å²) in [5.74, 6) is 0.733. The molecule has 1 aromatic carbocycles. The van der Waals surface area contributed by atoms with E-state index in [1.807, 2.05) is 43.6 Å². The van der Waals surface area contributed by atoms with Crippen molar-refractivity contribution in [1.29, 1.82) is 0 Å². The summed E-state index contributed by atoms with van der Waals surface area (Å²) >= 11 is 7.78. The van der Waals surface area contributed by atoms with Gasteiger partial charge in [-0.1, -0.05) is 23.4 Å². The van der Waals surface area contributed by atoms with Gasteiger partial charge in [0.05, 0.1) is 16.7 Å². The van der Waals surface area contributed by atoms with E-state index in [2.05, 4.69) is 31.7 Å². The molecule has 0 atom stereocenters. The molecule has 0 unspecified atom stereocenters. The van der Waals surface area contributed by atoms with Gasteiger partial charge in [0.1, 0.15) is 0 Å². The first kappa shape index (κ1) is 15.3. The quantitative estimate of drug-likeness (QED) is 0.524. The van der Waals surface area contributed by atoms with Gasteiger partial charge in [0.25, 0.3) is 0 Å². The third-order valence-electron chi connectivity index (χ3n) is 3.93. The molecule has 1 N–H and O–H groups in total. The summed E-state index contributed by atoms with van der Waals surface area (Å²) in [7, 11) is 0. The number of halogens is 1. The number of H-pyrrole nitrogens is 1. The van der Waals surface area contributed by atoms with Crippen molar-refractivity contribution in [2.24, 2.45) is 0 Å². The summed E-state index contributed by atoms with van der Waals surface area (Å²) < 4.78 is 2.08. The van der Waals surface area contributed by atoms with Crippen LogP contribution >= 0.6 is 23.4 Å². The van der Waals surface area contributed by atoms with Gasteiger partial charge in [-0.25, -0.2) is 4.98 Å². The number of hydrogen-bond acceptors (Lipinski definition) is 3. The highest BCUT2D eigenvalue weighted by molar-refractivity contribution is 7.98. The number of fused-ring (bicyclic) bond motifs is 1. The molecule has 4 nitrogen and oxygen atoms in total. The van der Waals surface area contributed by atoms with E-state index in [9.17, 15) is 0 Å². The molecule has 3 aromatic heterocycles. The second-order valence-corrected chi connectivity index (χ2v) is 6.86. The molecule has 0 bridgehead atoms. The van der Waals surface area contributed by atoms with Crippen molar-refractivity contribution in [3.05, 3.63) is 71.3 Å². The summed E-state index contributed by atoms with van der Waals surface area (Å²) in [6.45, 7) is 1.99. The average molecular weight is 355 g/mol. The van der Waals surface area contributed by atoms with E-state index in [1.54, 1.807) is 18.0 Å². The number of aromatic nitrogens is 4. The van der Waals surface area contributed by atoms with E-state index in [4.69, 9.17) is 11.6 Å². The van der Waals surface area contributed by atoms with Gasteiger partial charge in [0, 0.05) is 35.1 Å². The highest BCUT2D eigenvalue weighted by atomic mass is 35.5. The van der Waals surface area contributed by atoms with Crippen LogP contribution in [0.3, 0.4) is 0 Å². The Hall–Kier alpha value is -2.24. The number of benzene rings is 1. The van der Waals surface area contributed by atoms with Gasteiger partial charge in [-0.05, 0) is 48.9 Å². The van der Waals surface area contributed by atoms with E-state index in [0.29, 0.717) is 0 Å². The van der Waals surface area contributed by atoms with Gasteiger partial charge in [0.2, 0.25) is 0 Å². The van der Waals surface area contributed by atoms with Crippen molar-refractivity contribution in [1.82, 2.24) is 19.5 Å². The zero-order valence-corrected chi connectivity index (χ0v) is 14.6. The molecule has 0 aliphatic carbocycles. The maximum absolute atomic E-state index is 6.15. The fourth-order valence-corrected chi connectivity index (χ4v) is 3.62. The third-order valence-corrected chi connectivity index (χ3v) is 5.23. The van der Waals surface area contributed by atoms with E-state index < -0.39 is 0 Å². The third kappa shape index (κ3) is 2.92. The molecule has 0 radical (unpaired) electrons. The fraction of sp³-hybridized carbons (Fsp3) is 0.111. The van der Waals surface area contributed by atoms with Crippen molar-refractivity contribution in [3.8, 4) is 5.69 Å². The molecular weight excluding hydrogens is 340 g/mol. The molecule has 0 saturated heterocycles. The molecule has 0 aliphatic rings. The van der Waals surface area contributed by atoms with E-state index in [-0.39, 0.29) is 0 Å². The normalized spacial score (nSPS) is 11.2. The Labute approximate surface area is 148 Å². The van der Waals surface area contributed by atoms with Gasteiger partial charge in [-0.2, -0.15) is 0 Å². The number of nitrogens with zero attached hydrogens (tertiary/aromatic N) is 3. The van der Waals surface area contributed by atoms with E-state index >= 15 is 0 Å². The molecule has 4 rings (SSSR count). The van der Waals surface area contributed by atoms with E-state index in [1.165, 1.54) is 0 Å². The van der Waals surface area contributed by atoms with E-state index in [0.717, 1.165) is 43.9 Å². The molecule has 3 heterocycles. The fourth-order valence-electron chi connectivity index (χ4n) is 2.54. The smallest absolute Gasteiger partial charge is 0.166 e. The zero-order valence-electron chi connectivity index (χ0n) is 13.0. The lowest BCUT2D eigenvalue weighted by Gasteiger charge is -2.04. The van der Waals surface area contributed by atoms with Gasteiger partial charge in [-0.3, -0.25) is 4.98 Å². The lowest BCUT2D eigenvalue weighted by atomic mass is 10.2. The molecule has 0 fully saturated rings. The molecule has 120 valence electrons. The lowest BCUT2D eigenvalue weighted by molar-refractivity contribution is 1.06. The van der Waals surface area contributed by atoms with Crippen LogP contribution in [-0.2, 0) is 5.75 Å². The maximum atomic E-state index is 6.15. The maximum Gasteiger partial charge on any atom is 0.166 e. The van der Waals surface area contributed by atoms with Crippen LogP contribution in [0.1, 0.15) is 11.3 Å². The summed E-state index contributed by atoms with van der Waals surface area (Å²) in [5.41, 5.74) is 5.11. The van der Waals surface area contributed by atoms with Crippen LogP contribution in [0.5, 0.6) is 0 Å². The lowest BCUT2D eigenvalue weighted by Crippen LogP contribution is -1.92. The van der Waals surface area contributed by atoms with Crippen molar-refractivity contribution >= 4 is 34.4 Å². The predicted octanol–water partition coefficient (Wildman–Crippen LogP) is 5.00. The summed E-state index contributed by atoms with van der Waals surface area (Å²) in [6.07, 6.45) is 5.80. The largest absolute Gasteiger partial charge is 0.333 e. The Balaban J connectivity index is 1.58. The van der Waals surface area contributed by atoms with Crippen LogP contribution in [0.2, 0.25) is 5.02 Å². The number of rotatable bonds is 4. The Bertz CT molecular complexity index is 992. The summed E-state index contributed by atoms with van der Waals surface area (Å²) in [5, 5.41) is 1.64. The predicted molar refractivity (Wildman–Crippen MR) is 99.0 cm³/mol. The van der Waals surface area contributed by atoms with Crippen LogP contribution in [0.4, 0.5) is 0 Å². The van der Waals surface area contributed by atoms with Crippen molar-refractivity contribution in [3.63, 3.8) is 0 Å². The first-order valence-electron chi connectivity index (χ1n) is 7.56. The number of imidazole rings is 1. The topological polar surface area (TPSA) is 46.5 Å². The first-order valence-corrected chi connectivity index (χ1v) is 8.93. The van der Waals surface area contributed by atoms with Crippen LogP contribution in [-0.4, -0.2) is 19.5 Å². The van der Waals surface area contributed by atoms with Crippen LogP contribution in [0.25, 0.3) is 16.7 Å². The van der Waals surface area contributed by atoms with Crippen molar-refractivity contribution < 1.29 is 0 Å². The number of nitrogens with one attached hydrogen (secondary N) is 1. The van der Waals surface area contributed by atoms with Crippen molar-refractivity contribution in [2.75, 3.05) is 0 Å². The molecule has 6 heteroatoms. The second kappa shape index (κ2) is 6.34. The number of hydrogen-bond donors (Lipinski definition) is 1. The molecular formula is C18H15ClN4S. The summed E-state index contributed by atoms with van der Waals surface area (Å²) in [6, 6.07) is 12.1. The molecule has 0 spiro atoms. The van der Waals surface area contributed by atoms with Gasteiger partial charge in [-0.15, -0.1) is 0 Å². The molecule has 0 aliphatic heterocycles. The SMILES string of the molecule is Cc1c(Cl)ccnc1CSc1nc2ccc(-n3cccc3)cc2[nH]1. The second-order valence-electron chi connectivity index (χ2n) is 5.49. The van der Waals surface area contributed by atoms with Crippen LogP contribution in [0.15, 0.2) is 60.1 Å². The molecule has 0 saturated carbocycles. The van der Waals surface area contributed by atoms with Crippen LogP contribution in [0, 0.1) is 6.92 Å². The minimum atomic E-state index is 0.733. The highest BCUT2D eigenvalue weighted by Gasteiger charge is 2.08. The molecule has 4 aromatic rings. The Morgan fingerprint density at radius 3 is 2.88 bits per heavy atom. The zero-order chi connectivity index (χ0) is 16.5. The number of aromatic amines is 1. The average Bonchev–Trinajstić information content (AvgIpc) is 3.24. The Morgan fingerprint density at radius 2 is 2.04 bits per heavy atom. The Morgan fingerprint density at radius 1 is 1.21 bits per heavy atom. The van der Waals surface area contributed by atoms with Gasteiger partial charge < -0.3 is 9.55 Å². The van der Waals surface area contributed by atoms with Crippen LogP contribution < -0.4 is 0 Å².